The second kappa shape index (κ2) is 4.33. The Morgan fingerprint density at radius 3 is 2.53 bits per heavy atom. The van der Waals surface area contributed by atoms with E-state index in [4.69, 9.17) is 0 Å². The first-order chi connectivity index (χ1) is 6.97. The summed E-state index contributed by atoms with van der Waals surface area (Å²) in [5.74, 6) is 0.353. The zero-order valence-corrected chi connectivity index (χ0v) is 9.46. The van der Waals surface area contributed by atoms with E-state index in [1.54, 1.807) is 6.92 Å². The number of methoxy groups -OCH3 is 1. The van der Waals surface area contributed by atoms with Crippen molar-refractivity contribution in [2.24, 2.45) is 0 Å². The maximum Gasteiger partial charge on any atom is 0.308 e. The van der Waals surface area contributed by atoms with Gasteiger partial charge >= 0.3 is 5.97 Å². The van der Waals surface area contributed by atoms with Crippen molar-refractivity contribution >= 4 is 11.8 Å². The number of hydrogen-bond acceptors (Lipinski definition) is 5. The summed E-state index contributed by atoms with van der Waals surface area (Å²) < 4.78 is 4.53. The molecule has 0 spiro atoms. The van der Waals surface area contributed by atoms with Gasteiger partial charge in [0.05, 0.1) is 13.5 Å². The summed E-state index contributed by atoms with van der Waals surface area (Å²) in [6.07, 6.45) is 0.0734. The van der Waals surface area contributed by atoms with E-state index < -0.39 is 6.04 Å². The van der Waals surface area contributed by atoms with Crippen LogP contribution in [0.1, 0.15) is 13.3 Å². The smallest absolute Gasteiger partial charge is 0.308 e. The van der Waals surface area contributed by atoms with Gasteiger partial charge in [0.1, 0.15) is 11.9 Å². The van der Waals surface area contributed by atoms with Crippen molar-refractivity contribution in [2.75, 3.05) is 21.2 Å². The third-order valence-corrected chi connectivity index (χ3v) is 2.40. The van der Waals surface area contributed by atoms with Crippen molar-refractivity contribution < 1.29 is 14.3 Å². The zero-order valence-electron chi connectivity index (χ0n) is 9.46. The molecule has 0 aromatic heterocycles. The first kappa shape index (κ1) is 11.6. The number of nitrogens with one attached hydrogen (secondary N) is 1. The standard InChI is InChI=1S/C10H16N2O3/c1-6-9(14)7(5-8(13)15-4)11-10(6)12(2)3/h7,11H,5H2,1-4H3. The molecule has 0 aromatic carbocycles. The Kier molecular flexibility index (Phi) is 3.34. The molecule has 1 rings (SSSR count). The van der Waals surface area contributed by atoms with Crippen LogP contribution in [0.2, 0.25) is 0 Å². The van der Waals surface area contributed by atoms with Crippen LogP contribution in [-0.4, -0.2) is 43.9 Å². The molecule has 1 N–H and O–H groups in total. The largest absolute Gasteiger partial charge is 0.469 e. The molecule has 15 heavy (non-hydrogen) atoms. The van der Waals surface area contributed by atoms with Gasteiger partial charge in [0.25, 0.3) is 0 Å². The quantitative estimate of drug-likeness (QED) is 0.661. The van der Waals surface area contributed by atoms with Crippen molar-refractivity contribution in [2.45, 2.75) is 19.4 Å². The van der Waals surface area contributed by atoms with Gasteiger partial charge in [0.15, 0.2) is 5.78 Å². The lowest BCUT2D eigenvalue weighted by molar-refractivity contribution is -0.142. The lowest BCUT2D eigenvalue weighted by atomic mass is 10.1. The zero-order chi connectivity index (χ0) is 11.6. The summed E-state index contributed by atoms with van der Waals surface area (Å²) in [6.45, 7) is 1.75. The predicted molar refractivity (Wildman–Crippen MR) is 55.0 cm³/mol. The van der Waals surface area contributed by atoms with Crippen LogP contribution in [0.5, 0.6) is 0 Å². The highest BCUT2D eigenvalue weighted by atomic mass is 16.5. The van der Waals surface area contributed by atoms with Crippen molar-refractivity contribution in [3.63, 3.8) is 0 Å². The number of nitrogens with zero attached hydrogens (tertiary/aromatic N) is 1. The SMILES string of the molecule is COC(=O)CC1NC(N(C)C)=C(C)C1=O. The van der Waals surface area contributed by atoms with E-state index in [1.165, 1.54) is 7.11 Å². The molecule has 1 aliphatic rings. The molecule has 0 fully saturated rings. The topological polar surface area (TPSA) is 58.6 Å². The summed E-state index contributed by atoms with van der Waals surface area (Å²) >= 11 is 0. The van der Waals surface area contributed by atoms with Crippen molar-refractivity contribution in [3.05, 3.63) is 11.4 Å². The molecule has 1 unspecified atom stereocenters. The average Bonchev–Trinajstić information content (AvgIpc) is 2.46. The molecule has 0 aliphatic carbocycles. The minimum absolute atomic E-state index is 0.0379. The highest BCUT2D eigenvalue weighted by Gasteiger charge is 2.32. The first-order valence-corrected chi connectivity index (χ1v) is 4.73. The van der Waals surface area contributed by atoms with Crippen LogP contribution >= 0.6 is 0 Å². The predicted octanol–water partition coefficient (Wildman–Crippen LogP) is -0.117. The van der Waals surface area contributed by atoms with Crippen molar-refractivity contribution in [1.82, 2.24) is 10.2 Å². The Morgan fingerprint density at radius 1 is 1.53 bits per heavy atom. The second-order valence-electron chi connectivity index (χ2n) is 3.71. The number of hydrogen-bond donors (Lipinski definition) is 1. The van der Waals surface area contributed by atoms with Gasteiger partial charge in [-0.2, -0.15) is 0 Å². The van der Waals surface area contributed by atoms with E-state index in [1.807, 2.05) is 19.0 Å². The average molecular weight is 212 g/mol. The number of carbonyl (C=O) groups is 2. The van der Waals surface area contributed by atoms with Crippen LogP contribution in [0.15, 0.2) is 11.4 Å². The van der Waals surface area contributed by atoms with Gasteiger partial charge in [-0.1, -0.05) is 0 Å². The first-order valence-electron chi connectivity index (χ1n) is 4.73. The Hall–Kier alpha value is -1.52. The molecule has 84 valence electrons. The van der Waals surface area contributed by atoms with Crippen LogP contribution < -0.4 is 5.32 Å². The minimum Gasteiger partial charge on any atom is -0.469 e. The maximum absolute atomic E-state index is 11.7. The molecular formula is C10H16N2O3. The summed E-state index contributed by atoms with van der Waals surface area (Å²) in [7, 11) is 5.01. The van der Waals surface area contributed by atoms with E-state index in [-0.39, 0.29) is 18.2 Å². The number of ketones is 1. The number of ether oxygens (including phenoxy) is 1. The fourth-order valence-electron chi connectivity index (χ4n) is 1.58. The highest BCUT2D eigenvalue weighted by molar-refractivity contribution is 6.03. The fraction of sp³-hybridized carbons (Fsp3) is 0.600. The van der Waals surface area contributed by atoms with Gasteiger partial charge in [0, 0.05) is 19.7 Å². The van der Waals surface area contributed by atoms with Crippen molar-refractivity contribution in [1.29, 1.82) is 0 Å². The van der Waals surface area contributed by atoms with Crippen LogP contribution in [0.25, 0.3) is 0 Å². The number of rotatable bonds is 3. The minimum atomic E-state index is -0.477. The van der Waals surface area contributed by atoms with Gasteiger partial charge in [-0.3, -0.25) is 9.59 Å². The maximum atomic E-state index is 11.7. The molecule has 0 radical (unpaired) electrons. The Morgan fingerprint density at radius 2 is 2.13 bits per heavy atom. The van der Waals surface area contributed by atoms with Gasteiger partial charge in [-0.25, -0.2) is 0 Å². The van der Waals surface area contributed by atoms with Crippen LogP contribution in [-0.2, 0) is 14.3 Å². The Bertz CT molecular complexity index is 321. The van der Waals surface area contributed by atoms with E-state index in [0.717, 1.165) is 5.82 Å². The molecule has 5 heteroatoms. The lowest BCUT2D eigenvalue weighted by Gasteiger charge is -2.17. The molecule has 5 nitrogen and oxygen atoms in total. The highest BCUT2D eigenvalue weighted by Crippen LogP contribution is 2.18. The number of Topliss-reactive ketones (excluding diaryl/α,β-unsaturated/α-hetero) is 1. The van der Waals surface area contributed by atoms with E-state index >= 15 is 0 Å². The fourth-order valence-corrected chi connectivity index (χ4v) is 1.58. The Balaban J connectivity index is 2.71. The van der Waals surface area contributed by atoms with Crippen LogP contribution in [0.3, 0.4) is 0 Å². The molecule has 0 saturated carbocycles. The summed E-state index contributed by atoms with van der Waals surface area (Å²) in [4.78, 5) is 24.6. The molecule has 1 atom stereocenters. The van der Waals surface area contributed by atoms with E-state index in [0.29, 0.717) is 5.57 Å². The van der Waals surface area contributed by atoms with E-state index in [2.05, 4.69) is 10.1 Å². The lowest BCUT2D eigenvalue weighted by Crippen LogP contribution is -2.34. The molecule has 0 amide bonds. The molecule has 0 saturated heterocycles. The van der Waals surface area contributed by atoms with Gasteiger partial charge < -0.3 is 15.0 Å². The third kappa shape index (κ3) is 2.29. The number of carbonyl (C=O) groups excluding carboxylic acids is 2. The molecule has 1 aliphatic heterocycles. The number of esters is 1. The monoisotopic (exact) mass is 212 g/mol. The van der Waals surface area contributed by atoms with Gasteiger partial charge in [0.2, 0.25) is 0 Å². The Labute approximate surface area is 89.1 Å². The summed E-state index contributed by atoms with van der Waals surface area (Å²) in [6, 6.07) is -0.477. The second-order valence-corrected chi connectivity index (χ2v) is 3.71. The van der Waals surface area contributed by atoms with Gasteiger partial charge in [-0.15, -0.1) is 0 Å². The van der Waals surface area contributed by atoms with Gasteiger partial charge in [-0.05, 0) is 6.92 Å². The van der Waals surface area contributed by atoms with Crippen LogP contribution in [0, 0.1) is 0 Å². The third-order valence-electron chi connectivity index (χ3n) is 2.40. The van der Waals surface area contributed by atoms with E-state index in [9.17, 15) is 9.59 Å². The summed E-state index contributed by atoms with van der Waals surface area (Å²) in [5, 5.41) is 3.01. The molecule has 0 aromatic rings. The normalized spacial score (nSPS) is 20.3. The molecular weight excluding hydrogens is 196 g/mol. The van der Waals surface area contributed by atoms with Crippen molar-refractivity contribution in [3.8, 4) is 0 Å². The molecule has 1 heterocycles. The van der Waals surface area contributed by atoms with Crippen LogP contribution in [0.4, 0.5) is 0 Å². The summed E-state index contributed by atoms with van der Waals surface area (Å²) in [5.41, 5.74) is 0.661. The molecule has 0 bridgehead atoms.